The normalized spacial score (nSPS) is 13.1. The van der Waals surface area contributed by atoms with Crippen molar-refractivity contribution in [2.45, 2.75) is 6.42 Å². The number of hydrogen-bond donors (Lipinski definition) is 1. The van der Waals surface area contributed by atoms with Gasteiger partial charge in [0.15, 0.2) is 0 Å². The van der Waals surface area contributed by atoms with Gasteiger partial charge in [0.1, 0.15) is 16.3 Å². The van der Waals surface area contributed by atoms with Crippen LogP contribution in [-0.2, 0) is 6.42 Å². The highest BCUT2D eigenvalue weighted by atomic mass is 35.5. The first-order valence-corrected chi connectivity index (χ1v) is 4.76. The molecule has 16 heavy (non-hydrogen) atoms. The lowest BCUT2D eigenvalue weighted by molar-refractivity contribution is -0.385. The second-order valence-corrected chi connectivity index (χ2v) is 3.63. The molecule has 0 bridgehead atoms. The minimum Gasteiger partial charge on any atom is -0.492 e. The zero-order chi connectivity index (χ0) is 11.9. The third-order valence-corrected chi connectivity index (χ3v) is 2.60. The van der Waals surface area contributed by atoms with Crippen molar-refractivity contribution in [3.63, 3.8) is 0 Å². The number of carbonyl (C=O) groups is 1. The number of aromatic carboxylic acids is 1. The average molecular weight is 244 g/mol. The minimum atomic E-state index is -1.21. The van der Waals surface area contributed by atoms with E-state index in [9.17, 15) is 14.9 Å². The van der Waals surface area contributed by atoms with Crippen molar-refractivity contribution in [2.24, 2.45) is 0 Å². The van der Waals surface area contributed by atoms with Gasteiger partial charge >= 0.3 is 5.97 Å². The molecule has 84 valence electrons. The van der Waals surface area contributed by atoms with Crippen molar-refractivity contribution in [2.75, 3.05) is 6.61 Å². The maximum Gasteiger partial charge on any atom is 0.339 e. The van der Waals surface area contributed by atoms with E-state index >= 15 is 0 Å². The molecule has 0 unspecified atom stereocenters. The molecule has 1 aromatic carbocycles. The number of hydrogen-bond acceptors (Lipinski definition) is 4. The molecule has 0 spiro atoms. The van der Waals surface area contributed by atoms with E-state index < -0.39 is 10.9 Å². The highest BCUT2D eigenvalue weighted by Crippen LogP contribution is 2.41. The quantitative estimate of drug-likeness (QED) is 0.633. The Balaban J connectivity index is 2.74. The molecule has 7 heteroatoms. The Kier molecular flexibility index (Phi) is 2.43. The summed E-state index contributed by atoms with van der Waals surface area (Å²) in [7, 11) is 0. The summed E-state index contributed by atoms with van der Waals surface area (Å²) in [5.41, 5.74) is -0.142. The van der Waals surface area contributed by atoms with E-state index in [0.29, 0.717) is 6.42 Å². The van der Waals surface area contributed by atoms with E-state index in [1.54, 1.807) is 0 Å². The van der Waals surface area contributed by atoms with Gasteiger partial charge in [0, 0.05) is 6.42 Å². The third-order valence-electron chi connectivity index (χ3n) is 2.31. The zero-order valence-corrected chi connectivity index (χ0v) is 8.65. The highest BCUT2D eigenvalue weighted by molar-refractivity contribution is 6.33. The fourth-order valence-corrected chi connectivity index (χ4v) is 1.98. The largest absolute Gasteiger partial charge is 0.492 e. The van der Waals surface area contributed by atoms with Crippen LogP contribution in [0.1, 0.15) is 15.9 Å². The number of rotatable bonds is 2. The fourth-order valence-electron chi connectivity index (χ4n) is 1.68. The van der Waals surface area contributed by atoms with Gasteiger partial charge in [-0.2, -0.15) is 0 Å². The lowest BCUT2D eigenvalue weighted by atomic mass is 10.1. The molecule has 1 aliphatic rings. The molecule has 1 N–H and O–H groups in total. The van der Waals surface area contributed by atoms with Crippen LogP contribution in [0, 0.1) is 10.1 Å². The van der Waals surface area contributed by atoms with Gasteiger partial charge in [0.25, 0.3) is 5.69 Å². The van der Waals surface area contributed by atoms with Gasteiger partial charge < -0.3 is 9.84 Å². The summed E-state index contributed by atoms with van der Waals surface area (Å²) in [4.78, 5) is 21.0. The number of benzene rings is 1. The first-order valence-electron chi connectivity index (χ1n) is 4.38. The Labute approximate surface area is 94.5 Å². The molecule has 0 fully saturated rings. The molecular weight excluding hydrogens is 238 g/mol. The van der Waals surface area contributed by atoms with Crippen LogP contribution in [0.3, 0.4) is 0 Å². The summed E-state index contributed by atoms with van der Waals surface area (Å²) in [6.07, 6.45) is 0.298. The molecule has 1 heterocycles. The highest BCUT2D eigenvalue weighted by Gasteiger charge is 2.31. The van der Waals surface area contributed by atoms with Crippen molar-refractivity contribution in [3.8, 4) is 5.75 Å². The first kappa shape index (κ1) is 10.7. The van der Waals surface area contributed by atoms with E-state index in [4.69, 9.17) is 21.4 Å². The predicted molar refractivity (Wildman–Crippen MR) is 54.3 cm³/mol. The Hall–Kier alpha value is -1.82. The standard InChI is InChI=1S/C9H6ClNO5/c10-6-3-5(9(12)13)8-4(1-2-16-8)7(6)11(14)15/h3H,1-2H2,(H,12,13). The molecule has 0 saturated carbocycles. The van der Waals surface area contributed by atoms with E-state index in [1.165, 1.54) is 0 Å². The Bertz CT molecular complexity index is 499. The van der Waals surface area contributed by atoms with Crippen LogP contribution >= 0.6 is 11.6 Å². The van der Waals surface area contributed by atoms with Crippen molar-refractivity contribution >= 4 is 23.3 Å². The van der Waals surface area contributed by atoms with Gasteiger partial charge in [-0.3, -0.25) is 10.1 Å². The molecule has 0 aromatic heterocycles. The van der Waals surface area contributed by atoms with E-state index in [0.717, 1.165) is 6.07 Å². The number of nitro groups is 1. The van der Waals surface area contributed by atoms with Crippen LogP contribution in [0.4, 0.5) is 5.69 Å². The van der Waals surface area contributed by atoms with Gasteiger partial charge in [-0.25, -0.2) is 4.79 Å². The SMILES string of the molecule is O=C(O)c1cc(Cl)c([N+](=O)[O-])c2c1OCC2. The minimum absolute atomic E-state index is 0.0589. The van der Waals surface area contributed by atoms with Gasteiger partial charge in [-0.15, -0.1) is 0 Å². The summed E-state index contributed by atoms with van der Waals surface area (Å²) in [5, 5.41) is 19.5. The smallest absolute Gasteiger partial charge is 0.339 e. The molecule has 0 aliphatic carbocycles. The second kappa shape index (κ2) is 3.64. The van der Waals surface area contributed by atoms with Crippen molar-refractivity contribution < 1.29 is 19.6 Å². The monoisotopic (exact) mass is 243 g/mol. The van der Waals surface area contributed by atoms with Gasteiger partial charge in [0.05, 0.1) is 17.1 Å². The van der Waals surface area contributed by atoms with Crippen molar-refractivity contribution in [1.29, 1.82) is 0 Å². The Morgan fingerprint density at radius 3 is 2.88 bits per heavy atom. The Morgan fingerprint density at radius 1 is 1.62 bits per heavy atom. The number of carboxylic acids is 1. The molecule has 0 radical (unpaired) electrons. The number of ether oxygens (including phenoxy) is 1. The van der Waals surface area contributed by atoms with Crippen LogP contribution < -0.4 is 4.74 Å². The first-order chi connectivity index (χ1) is 7.52. The van der Waals surface area contributed by atoms with E-state index in [1.807, 2.05) is 0 Å². The maximum atomic E-state index is 10.9. The van der Waals surface area contributed by atoms with E-state index in [2.05, 4.69) is 0 Å². The van der Waals surface area contributed by atoms with Crippen molar-refractivity contribution in [3.05, 3.63) is 32.3 Å². The summed E-state index contributed by atoms with van der Waals surface area (Å²) in [6.45, 7) is 0.233. The molecule has 6 nitrogen and oxygen atoms in total. The lowest BCUT2D eigenvalue weighted by Crippen LogP contribution is -2.02. The topological polar surface area (TPSA) is 89.7 Å². The van der Waals surface area contributed by atoms with Crippen LogP contribution in [0.2, 0.25) is 5.02 Å². The fraction of sp³-hybridized carbons (Fsp3) is 0.222. The molecule has 0 atom stereocenters. The predicted octanol–water partition coefficient (Wildman–Crippen LogP) is 1.88. The summed E-state index contributed by atoms with van der Waals surface area (Å²) < 4.78 is 5.09. The van der Waals surface area contributed by atoms with Crippen LogP contribution in [-0.4, -0.2) is 22.6 Å². The Morgan fingerprint density at radius 2 is 2.31 bits per heavy atom. The maximum absolute atomic E-state index is 10.9. The lowest BCUT2D eigenvalue weighted by Gasteiger charge is -2.05. The number of carboxylic acid groups (broad SMARTS) is 1. The van der Waals surface area contributed by atoms with Crippen LogP contribution in [0.15, 0.2) is 6.07 Å². The molecule has 0 amide bonds. The average Bonchev–Trinajstić information content (AvgIpc) is 2.63. The molecule has 2 rings (SSSR count). The number of nitro benzene ring substituents is 1. The molecule has 0 saturated heterocycles. The second-order valence-electron chi connectivity index (χ2n) is 3.22. The van der Waals surface area contributed by atoms with Crippen molar-refractivity contribution in [1.82, 2.24) is 0 Å². The molecule has 1 aromatic rings. The van der Waals surface area contributed by atoms with Crippen LogP contribution in [0.25, 0.3) is 0 Å². The summed E-state index contributed by atoms with van der Waals surface area (Å²) in [6, 6.07) is 1.05. The van der Waals surface area contributed by atoms with Crippen LogP contribution in [0.5, 0.6) is 5.75 Å². The zero-order valence-electron chi connectivity index (χ0n) is 7.90. The van der Waals surface area contributed by atoms with E-state index in [-0.39, 0.29) is 34.2 Å². The van der Waals surface area contributed by atoms with Gasteiger partial charge in [-0.1, -0.05) is 11.6 Å². The molecular formula is C9H6ClNO5. The third kappa shape index (κ3) is 1.47. The molecule has 1 aliphatic heterocycles. The van der Waals surface area contributed by atoms with Gasteiger partial charge in [0.2, 0.25) is 0 Å². The summed E-state index contributed by atoms with van der Waals surface area (Å²) >= 11 is 5.69. The number of fused-ring (bicyclic) bond motifs is 1. The van der Waals surface area contributed by atoms with Gasteiger partial charge in [-0.05, 0) is 6.07 Å². The number of nitrogens with zero attached hydrogens (tertiary/aromatic N) is 1. The number of halogens is 1. The summed E-state index contributed by atoms with van der Waals surface area (Å²) in [5.74, 6) is -1.15.